The van der Waals surface area contributed by atoms with E-state index in [0.717, 1.165) is 28.3 Å². The van der Waals surface area contributed by atoms with Crippen LogP contribution in [0.4, 0.5) is 8.78 Å². The molecule has 0 saturated carbocycles. The van der Waals surface area contributed by atoms with E-state index in [2.05, 4.69) is 9.55 Å². The number of fused-ring (bicyclic) bond motifs is 1. The second kappa shape index (κ2) is 7.32. The van der Waals surface area contributed by atoms with Crippen LogP contribution in [-0.4, -0.2) is 23.3 Å². The molecule has 0 spiro atoms. The topological polar surface area (TPSA) is 27.1 Å². The third kappa shape index (κ3) is 3.44. The second-order valence-electron chi connectivity index (χ2n) is 5.45. The fraction of sp³-hybridized carbons (Fsp3) is 0.278. The maximum absolute atomic E-state index is 14.0. The van der Waals surface area contributed by atoms with E-state index in [0.29, 0.717) is 18.7 Å². The van der Waals surface area contributed by atoms with Crippen molar-refractivity contribution in [2.75, 3.05) is 13.7 Å². The molecule has 3 nitrogen and oxygen atoms in total. The number of hydrogen-bond acceptors (Lipinski definition) is 3. The van der Waals surface area contributed by atoms with Crippen LogP contribution in [0.25, 0.3) is 11.0 Å². The first-order valence-corrected chi connectivity index (χ1v) is 8.54. The summed E-state index contributed by atoms with van der Waals surface area (Å²) >= 11 is 1.41. The number of para-hydroxylation sites is 2. The molecule has 1 heterocycles. The number of benzene rings is 2. The largest absolute Gasteiger partial charge is 0.383 e. The molecule has 2 aromatic carbocycles. The summed E-state index contributed by atoms with van der Waals surface area (Å²) in [4.78, 5) is 4.64. The van der Waals surface area contributed by atoms with E-state index in [-0.39, 0.29) is 5.25 Å². The van der Waals surface area contributed by atoms with Crippen molar-refractivity contribution in [2.45, 2.75) is 23.9 Å². The normalized spacial score (nSPS) is 12.7. The van der Waals surface area contributed by atoms with Gasteiger partial charge >= 0.3 is 0 Å². The molecule has 0 N–H and O–H groups in total. The molecule has 0 fully saturated rings. The van der Waals surface area contributed by atoms with Crippen LogP contribution in [0, 0.1) is 11.6 Å². The van der Waals surface area contributed by atoms with Crippen molar-refractivity contribution in [3.05, 3.63) is 59.7 Å². The number of ether oxygens (including phenoxy) is 1. The molecule has 0 saturated heterocycles. The fourth-order valence-electron chi connectivity index (χ4n) is 2.59. The minimum atomic E-state index is -0.438. The molecule has 3 rings (SSSR count). The lowest BCUT2D eigenvalue weighted by molar-refractivity contribution is 0.186. The van der Waals surface area contributed by atoms with Gasteiger partial charge in [-0.2, -0.15) is 0 Å². The van der Waals surface area contributed by atoms with Crippen LogP contribution in [0.1, 0.15) is 17.7 Å². The summed E-state index contributed by atoms with van der Waals surface area (Å²) in [6.45, 7) is 3.05. The van der Waals surface area contributed by atoms with Crippen LogP contribution in [-0.2, 0) is 11.3 Å². The Morgan fingerprint density at radius 3 is 2.79 bits per heavy atom. The lowest BCUT2D eigenvalue weighted by Gasteiger charge is -2.14. The molecule has 126 valence electrons. The highest BCUT2D eigenvalue weighted by molar-refractivity contribution is 7.99. The highest BCUT2D eigenvalue weighted by Crippen LogP contribution is 2.37. The maximum atomic E-state index is 14.0. The number of methoxy groups -OCH3 is 1. The van der Waals surface area contributed by atoms with Gasteiger partial charge in [-0.05, 0) is 37.3 Å². The minimum absolute atomic E-state index is 0.265. The molecule has 1 aromatic heterocycles. The lowest BCUT2D eigenvalue weighted by Crippen LogP contribution is -2.06. The molecule has 0 radical (unpaired) electrons. The Kier molecular flexibility index (Phi) is 5.16. The molecule has 1 atom stereocenters. The van der Waals surface area contributed by atoms with E-state index in [9.17, 15) is 8.78 Å². The summed E-state index contributed by atoms with van der Waals surface area (Å²) in [5.41, 5.74) is 2.22. The first-order valence-electron chi connectivity index (χ1n) is 7.66. The molecule has 0 aliphatic heterocycles. The van der Waals surface area contributed by atoms with E-state index in [1.165, 1.54) is 17.8 Å². The van der Waals surface area contributed by atoms with Crippen molar-refractivity contribution in [2.24, 2.45) is 0 Å². The Morgan fingerprint density at radius 2 is 2.00 bits per heavy atom. The smallest absolute Gasteiger partial charge is 0.169 e. The number of imidazole rings is 1. The van der Waals surface area contributed by atoms with Crippen LogP contribution in [0.2, 0.25) is 0 Å². The first kappa shape index (κ1) is 16.9. The Hall–Kier alpha value is -1.92. The van der Waals surface area contributed by atoms with E-state index < -0.39 is 11.6 Å². The van der Waals surface area contributed by atoms with E-state index in [1.54, 1.807) is 7.11 Å². The zero-order valence-corrected chi connectivity index (χ0v) is 14.3. The molecule has 1 unspecified atom stereocenters. The van der Waals surface area contributed by atoms with E-state index >= 15 is 0 Å². The third-order valence-corrected chi connectivity index (χ3v) is 4.95. The maximum Gasteiger partial charge on any atom is 0.169 e. The highest BCUT2D eigenvalue weighted by Gasteiger charge is 2.18. The summed E-state index contributed by atoms with van der Waals surface area (Å²) in [5, 5.41) is 0.503. The zero-order valence-electron chi connectivity index (χ0n) is 13.5. The fourth-order valence-corrected chi connectivity index (χ4v) is 3.68. The number of rotatable bonds is 6. The van der Waals surface area contributed by atoms with Gasteiger partial charge < -0.3 is 9.30 Å². The molecule has 3 aromatic rings. The number of nitrogens with zero attached hydrogens (tertiary/aromatic N) is 2. The van der Waals surface area contributed by atoms with Gasteiger partial charge in [0.05, 0.1) is 17.6 Å². The van der Waals surface area contributed by atoms with Gasteiger partial charge in [-0.3, -0.25) is 0 Å². The van der Waals surface area contributed by atoms with Gasteiger partial charge in [0.2, 0.25) is 0 Å². The van der Waals surface area contributed by atoms with Crippen LogP contribution >= 0.6 is 11.8 Å². The van der Waals surface area contributed by atoms with E-state index in [1.807, 2.05) is 31.2 Å². The molecule has 0 bridgehead atoms. The Balaban J connectivity index is 1.95. The summed E-state index contributed by atoms with van der Waals surface area (Å²) in [7, 11) is 1.65. The summed E-state index contributed by atoms with van der Waals surface area (Å²) < 4.78 is 34.7. The molecule has 0 amide bonds. The second-order valence-corrected chi connectivity index (χ2v) is 6.76. The average molecular weight is 348 g/mol. The molecule has 0 aliphatic rings. The Labute approximate surface area is 143 Å². The van der Waals surface area contributed by atoms with Gasteiger partial charge in [0.1, 0.15) is 11.6 Å². The van der Waals surface area contributed by atoms with Crippen LogP contribution in [0.5, 0.6) is 0 Å². The van der Waals surface area contributed by atoms with Gasteiger partial charge in [0.25, 0.3) is 0 Å². The number of thioether (sulfide) groups is 1. The Bertz CT molecular complexity index is 850. The van der Waals surface area contributed by atoms with Crippen LogP contribution in [0.15, 0.2) is 47.6 Å². The predicted octanol–water partition coefficient (Wildman–Crippen LogP) is 4.81. The van der Waals surface area contributed by atoms with Crippen LogP contribution < -0.4 is 0 Å². The van der Waals surface area contributed by atoms with Crippen molar-refractivity contribution >= 4 is 22.8 Å². The quantitative estimate of drug-likeness (QED) is 0.598. The SMILES string of the molecule is COCCn1c(SC(C)c2cc(F)ccc2F)nc2ccccc21. The van der Waals surface area contributed by atoms with Gasteiger partial charge in [0.15, 0.2) is 5.16 Å². The highest BCUT2D eigenvalue weighted by atomic mass is 32.2. The van der Waals surface area contributed by atoms with E-state index in [4.69, 9.17) is 4.74 Å². The number of halogens is 2. The number of hydrogen-bond donors (Lipinski definition) is 0. The zero-order chi connectivity index (χ0) is 17.1. The van der Waals surface area contributed by atoms with Gasteiger partial charge in [-0.25, -0.2) is 13.8 Å². The summed E-state index contributed by atoms with van der Waals surface area (Å²) in [6.07, 6.45) is 0. The standard InChI is InChI=1S/C18H18F2N2OS/c1-12(14-11-13(19)7-8-15(14)20)24-18-21-16-5-3-4-6-17(16)22(18)9-10-23-2/h3-8,11-12H,9-10H2,1-2H3. The molecular weight excluding hydrogens is 330 g/mol. The number of aromatic nitrogens is 2. The van der Waals surface area contributed by atoms with Crippen molar-refractivity contribution in [3.63, 3.8) is 0 Å². The summed E-state index contributed by atoms with van der Waals surface area (Å²) in [6, 6.07) is 11.4. The first-order chi connectivity index (χ1) is 11.6. The molecular formula is C18H18F2N2OS. The lowest BCUT2D eigenvalue weighted by atomic mass is 10.1. The Morgan fingerprint density at radius 1 is 1.21 bits per heavy atom. The minimum Gasteiger partial charge on any atom is -0.383 e. The van der Waals surface area contributed by atoms with Crippen LogP contribution in [0.3, 0.4) is 0 Å². The molecule has 0 aliphatic carbocycles. The van der Waals surface area contributed by atoms with Gasteiger partial charge in [0, 0.05) is 24.5 Å². The van der Waals surface area contributed by atoms with Crippen molar-refractivity contribution in [3.8, 4) is 0 Å². The predicted molar refractivity (Wildman–Crippen MR) is 92.2 cm³/mol. The summed E-state index contributed by atoms with van der Waals surface area (Å²) in [5.74, 6) is -0.845. The average Bonchev–Trinajstić information content (AvgIpc) is 2.92. The van der Waals surface area contributed by atoms with Crippen molar-refractivity contribution < 1.29 is 13.5 Å². The van der Waals surface area contributed by atoms with Crippen molar-refractivity contribution in [1.82, 2.24) is 9.55 Å². The third-order valence-electron chi connectivity index (χ3n) is 3.82. The van der Waals surface area contributed by atoms with Crippen molar-refractivity contribution in [1.29, 1.82) is 0 Å². The van der Waals surface area contributed by atoms with Gasteiger partial charge in [-0.1, -0.05) is 23.9 Å². The monoisotopic (exact) mass is 348 g/mol. The molecule has 6 heteroatoms. The van der Waals surface area contributed by atoms with Gasteiger partial charge in [-0.15, -0.1) is 0 Å². The molecule has 24 heavy (non-hydrogen) atoms.